The van der Waals surface area contributed by atoms with E-state index < -0.39 is 0 Å². The summed E-state index contributed by atoms with van der Waals surface area (Å²) in [6.45, 7) is 5.16. The molecule has 104 valence electrons. The van der Waals surface area contributed by atoms with Crippen LogP contribution in [0.15, 0.2) is 47.5 Å². The van der Waals surface area contributed by atoms with Crippen LogP contribution in [0.1, 0.15) is 31.9 Å². The highest BCUT2D eigenvalue weighted by Gasteiger charge is 2.31. The first-order valence-corrected chi connectivity index (χ1v) is 7.28. The van der Waals surface area contributed by atoms with Crippen molar-refractivity contribution in [1.82, 2.24) is 4.90 Å². The second-order valence-electron chi connectivity index (χ2n) is 5.45. The van der Waals surface area contributed by atoms with Crippen LogP contribution in [0.3, 0.4) is 0 Å². The smallest absolute Gasteiger partial charge is 0.192 e. The van der Waals surface area contributed by atoms with E-state index in [2.05, 4.69) is 66.2 Å². The van der Waals surface area contributed by atoms with Crippen molar-refractivity contribution in [3.63, 3.8) is 0 Å². The molecule has 0 fully saturated rings. The molecule has 0 saturated carbocycles. The lowest BCUT2D eigenvalue weighted by molar-refractivity contribution is 0.269. The zero-order chi connectivity index (χ0) is 14.1. The fraction of sp³-hybridized carbons (Fsp3) is 0.353. The van der Waals surface area contributed by atoms with Gasteiger partial charge in [-0.05, 0) is 29.7 Å². The summed E-state index contributed by atoms with van der Waals surface area (Å²) in [5.74, 6) is 0.678. The number of hydrogen-bond donors (Lipinski definition) is 1. The summed E-state index contributed by atoms with van der Waals surface area (Å²) in [5.41, 5.74) is 7.43. The number of rotatable bonds is 3. The Labute approximate surface area is 120 Å². The van der Waals surface area contributed by atoms with Crippen LogP contribution in [0.2, 0.25) is 0 Å². The van der Waals surface area contributed by atoms with Crippen molar-refractivity contribution in [2.24, 2.45) is 10.7 Å². The molecule has 2 N–H and O–H groups in total. The SMILES string of the molecule is CCC(C)N1C(N)=NCC1c1cccc2ccccc12. The van der Waals surface area contributed by atoms with Gasteiger partial charge < -0.3 is 10.6 Å². The first-order chi connectivity index (χ1) is 9.72. The highest BCUT2D eigenvalue weighted by Crippen LogP contribution is 2.33. The monoisotopic (exact) mass is 267 g/mol. The summed E-state index contributed by atoms with van der Waals surface area (Å²) in [6.07, 6.45) is 1.07. The molecule has 1 heterocycles. The third kappa shape index (κ3) is 2.03. The van der Waals surface area contributed by atoms with Crippen LogP contribution < -0.4 is 5.73 Å². The molecule has 0 saturated heterocycles. The average Bonchev–Trinajstić information content (AvgIpc) is 2.87. The number of aliphatic imine (C=N–C) groups is 1. The van der Waals surface area contributed by atoms with E-state index in [4.69, 9.17) is 5.73 Å². The van der Waals surface area contributed by atoms with Gasteiger partial charge in [-0.15, -0.1) is 0 Å². The molecule has 0 bridgehead atoms. The minimum absolute atomic E-state index is 0.260. The lowest BCUT2D eigenvalue weighted by atomic mass is 9.97. The Balaban J connectivity index is 2.07. The Bertz CT molecular complexity index is 642. The summed E-state index contributed by atoms with van der Waals surface area (Å²) in [5, 5.41) is 2.58. The minimum atomic E-state index is 0.260. The van der Waals surface area contributed by atoms with Gasteiger partial charge in [0, 0.05) is 6.04 Å². The van der Waals surface area contributed by atoms with Crippen LogP contribution in [-0.4, -0.2) is 23.4 Å². The third-order valence-electron chi connectivity index (χ3n) is 4.27. The standard InChI is InChI=1S/C17H21N3/c1-3-12(2)20-16(11-19-17(20)18)15-10-6-8-13-7-4-5-9-14(13)15/h4-10,12,16H,3,11H2,1-2H3,(H2,18,19). The topological polar surface area (TPSA) is 41.6 Å². The molecule has 2 aromatic carbocycles. The molecule has 3 nitrogen and oxygen atoms in total. The first-order valence-electron chi connectivity index (χ1n) is 7.28. The summed E-state index contributed by atoms with van der Waals surface area (Å²) in [7, 11) is 0. The predicted octanol–water partition coefficient (Wildman–Crippen LogP) is 3.31. The first kappa shape index (κ1) is 13.0. The predicted molar refractivity (Wildman–Crippen MR) is 84.8 cm³/mol. The van der Waals surface area contributed by atoms with Crippen molar-refractivity contribution >= 4 is 16.7 Å². The van der Waals surface area contributed by atoms with Gasteiger partial charge in [0.05, 0.1) is 12.6 Å². The summed E-state index contributed by atoms with van der Waals surface area (Å²) in [4.78, 5) is 6.74. The molecule has 0 aromatic heterocycles. The van der Waals surface area contributed by atoms with Crippen molar-refractivity contribution in [2.45, 2.75) is 32.4 Å². The average molecular weight is 267 g/mol. The summed E-state index contributed by atoms with van der Waals surface area (Å²) in [6, 6.07) is 15.7. The molecular weight excluding hydrogens is 246 g/mol. The van der Waals surface area contributed by atoms with Crippen molar-refractivity contribution in [1.29, 1.82) is 0 Å². The maximum absolute atomic E-state index is 6.10. The molecule has 2 unspecified atom stereocenters. The number of benzene rings is 2. The zero-order valence-electron chi connectivity index (χ0n) is 12.1. The molecular formula is C17H21N3. The number of hydrogen-bond acceptors (Lipinski definition) is 3. The lowest BCUT2D eigenvalue weighted by Gasteiger charge is -2.32. The fourth-order valence-electron chi connectivity index (χ4n) is 3.03. The van der Waals surface area contributed by atoms with E-state index in [9.17, 15) is 0 Å². The second-order valence-corrected chi connectivity index (χ2v) is 5.45. The minimum Gasteiger partial charge on any atom is -0.370 e. The Morgan fingerprint density at radius 2 is 2.00 bits per heavy atom. The van der Waals surface area contributed by atoms with Crippen LogP contribution in [0, 0.1) is 0 Å². The maximum atomic E-state index is 6.10. The van der Waals surface area contributed by atoms with E-state index in [0.717, 1.165) is 13.0 Å². The quantitative estimate of drug-likeness (QED) is 0.927. The number of nitrogens with zero attached hydrogens (tertiary/aromatic N) is 2. The highest BCUT2D eigenvalue weighted by molar-refractivity contribution is 5.88. The van der Waals surface area contributed by atoms with Crippen LogP contribution in [0.5, 0.6) is 0 Å². The van der Waals surface area contributed by atoms with Gasteiger partial charge in [0.2, 0.25) is 0 Å². The van der Waals surface area contributed by atoms with Crippen LogP contribution in [0.25, 0.3) is 10.8 Å². The highest BCUT2D eigenvalue weighted by atomic mass is 15.3. The molecule has 0 spiro atoms. The van der Waals surface area contributed by atoms with E-state index in [1.165, 1.54) is 16.3 Å². The molecule has 3 heteroatoms. The van der Waals surface area contributed by atoms with Gasteiger partial charge in [0.15, 0.2) is 5.96 Å². The molecule has 1 aliphatic rings. The van der Waals surface area contributed by atoms with Gasteiger partial charge in [-0.1, -0.05) is 49.4 Å². The molecule has 0 aliphatic carbocycles. The Morgan fingerprint density at radius 3 is 2.80 bits per heavy atom. The lowest BCUT2D eigenvalue weighted by Crippen LogP contribution is -2.42. The van der Waals surface area contributed by atoms with Crippen LogP contribution in [0.4, 0.5) is 0 Å². The summed E-state index contributed by atoms with van der Waals surface area (Å²) >= 11 is 0. The number of fused-ring (bicyclic) bond motifs is 1. The van der Waals surface area contributed by atoms with E-state index in [1.807, 2.05) is 0 Å². The molecule has 2 aromatic rings. The summed E-state index contributed by atoms with van der Waals surface area (Å²) < 4.78 is 0. The third-order valence-corrected chi connectivity index (χ3v) is 4.27. The van der Waals surface area contributed by atoms with Gasteiger partial charge in [0.25, 0.3) is 0 Å². The van der Waals surface area contributed by atoms with Crippen LogP contribution in [-0.2, 0) is 0 Å². The molecule has 0 radical (unpaired) electrons. The molecule has 1 aliphatic heterocycles. The van der Waals surface area contributed by atoms with E-state index in [1.54, 1.807) is 0 Å². The molecule has 3 rings (SSSR count). The second kappa shape index (κ2) is 5.16. The van der Waals surface area contributed by atoms with Gasteiger partial charge in [-0.3, -0.25) is 4.99 Å². The zero-order valence-corrected chi connectivity index (χ0v) is 12.1. The Morgan fingerprint density at radius 1 is 1.25 bits per heavy atom. The van der Waals surface area contributed by atoms with Crippen molar-refractivity contribution < 1.29 is 0 Å². The molecule has 0 amide bonds. The normalized spacial score (nSPS) is 20.2. The van der Waals surface area contributed by atoms with Crippen molar-refractivity contribution in [3.05, 3.63) is 48.0 Å². The number of nitrogens with two attached hydrogens (primary N) is 1. The van der Waals surface area contributed by atoms with E-state index in [-0.39, 0.29) is 6.04 Å². The fourth-order valence-corrected chi connectivity index (χ4v) is 3.03. The van der Waals surface area contributed by atoms with E-state index >= 15 is 0 Å². The van der Waals surface area contributed by atoms with Crippen molar-refractivity contribution in [2.75, 3.05) is 6.54 Å². The van der Waals surface area contributed by atoms with Gasteiger partial charge in [0.1, 0.15) is 0 Å². The maximum Gasteiger partial charge on any atom is 0.192 e. The van der Waals surface area contributed by atoms with Crippen LogP contribution >= 0.6 is 0 Å². The van der Waals surface area contributed by atoms with Gasteiger partial charge in [-0.25, -0.2) is 0 Å². The number of guanidine groups is 1. The largest absolute Gasteiger partial charge is 0.370 e. The Kier molecular flexibility index (Phi) is 3.35. The molecule has 20 heavy (non-hydrogen) atoms. The van der Waals surface area contributed by atoms with E-state index in [0.29, 0.717) is 12.0 Å². The van der Waals surface area contributed by atoms with Crippen molar-refractivity contribution in [3.8, 4) is 0 Å². The molecule has 2 atom stereocenters. The van der Waals surface area contributed by atoms with Gasteiger partial charge in [-0.2, -0.15) is 0 Å². The van der Waals surface area contributed by atoms with Gasteiger partial charge >= 0.3 is 0 Å². The Hall–Kier alpha value is -2.03.